The minimum atomic E-state index is -0.0411. The number of H-pyrrole nitrogens is 1. The van der Waals surface area contributed by atoms with E-state index in [0.29, 0.717) is 28.0 Å². The Morgan fingerprint density at radius 2 is 1.50 bits per heavy atom. The summed E-state index contributed by atoms with van der Waals surface area (Å²) < 4.78 is 0. The van der Waals surface area contributed by atoms with Gasteiger partial charge in [0.05, 0.1) is 16.6 Å². The van der Waals surface area contributed by atoms with Gasteiger partial charge in [0, 0.05) is 11.1 Å². The molecule has 0 aliphatic carbocycles. The first-order chi connectivity index (χ1) is 13.7. The van der Waals surface area contributed by atoms with E-state index in [-0.39, 0.29) is 11.5 Å². The minimum absolute atomic E-state index is 0.0411. The van der Waals surface area contributed by atoms with Gasteiger partial charge in [-0.3, -0.25) is 4.79 Å². The third-order valence-corrected chi connectivity index (χ3v) is 4.90. The molecule has 28 heavy (non-hydrogen) atoms. The molecule has 0 spiro atoms. The number of hydrogen-bond donors (Lipinski definition) is 2. The van der Waals surface area contributed by atoms with Gasteiger partial charge >= 0.3 is 0 Å². The van der Waals surface area contributed by atoms with E-state index >= 15 is 0 Å². The van der Waals surface area contributed by atoms with Crippen LogP contribution in [0, 0.1) is 0 Å². The lowest BCUT2D eigenvalue weighted by Gasteiger charge is -2.04. The Balaban J connectivity index is 1.59. The second-order valence-corrected chi connectivity index (χ2v) is 6.73. The van der Waals surface area contributed by atoms with Crippen LogP contribution in [0.4, 0.5) is 0 Å². The average molecular weight is 364 g/mol. The van der Waals surface area contributed by atoms with Crippen molar-refractivity contribution in [1.29, 1.82) is 0 Å². The highest BCUT2D eigenvalue weighted by molar-refractivity contribution is 6.10. The summed E-state index contributed by atoms with van der Waals surface area (Å²) in [6.07, 6.45) is 0. The molecule has 2 N–H and O–H groups in total. The standard InChI is InChI=1S/C24H16N2O2/c27-22-14-17-9-5-4-8-16(17)12-19(22)24-25-20-11-10-18(13-21(20)26-24)23(28)15-6-2-1-3-7-15/h1-14,27H,(H,25,26). The molecule has 0 atom stereocenters. The highest BCUT2D eigenvalue weighted by Crippen LogP contribution is 2.33. The fourth-order valence-corrected chi connectivity index (χ4v) is 3.45. The van der Waals surface area contributed by atoms with Gasteiger partial charge in [0.2, 0.25) is 0 Å². The number of aromatic hydroxyl groups is 1. The molecule has 0 saturated carbocycles. The van der Waals surface area contributed by atoms with Crippen molar-refractivity contribution in [2.75, 3.05) is 0 Å². The first-order valence-corrected chi connectivity index (χ1v) is 9.01. The van der Waals surface area contributed by atoms with E-state index in [2.05, 4.69) is 9.97 Å². The number of aromatic nitrogens is 2. The number of rotatable bonds is 3. The van der Waals surface area contributed by atoms with Crippen LogP contribution in [0.2, 0.25) is 0 Å². The molecule has 0 unspecified atom stereocenters. The highest BCUT2D eigenvalue weighted by Gasteiger charge is 2.14. The number of nitrogens with zero attached hydrogens (tertiary/aromatic N) is 1. The Kier molecular flexibility index (Phi) is 3.69. The zero-order valence-corrected chi connectivity index (χ0v) is 14.9. The maximum Gasteiger partial charge on any atom is 0.193 e. The fraction of sp³-hybridized carbons (Fsp3) is 0. The number of nitrogens with one attached hydrogen (secondary N) is 1. The second kappa shape index (κ2) is 6.35. The summed E-state index contributed by atoms with van der Waals surface area (Å²) in [5, 5.41) is 12.5. The van der Waals surface area contributed by atoms with Gasteiger partial charge in [0.15, 0.2) is 5.78 Å². The molecule has 0 aliphatic heterocycles. The van der Waals surface area contributed by atoms with Crippen molar-refractivity contribution >= 4 is 27.6 Å². The maximum atomic E-state index is 12.7. The first-order valence-electron chi connectivity index (χ1n) is 9.01. The molecule has 5 aromatic rings. The Labute approximate surface area is 161 Å². The fourth-order valence-electron chi connectivity index (χ4n) is 3.45. The predicted molar refractivity (Wildman–Crippen MR) is 111 cm³/mol. The van der Waals surface area contributed by atoms with Crippen molar-refractivity contribution in [2.24, 2.45) is 0 Å². The average Bonchev–Trinajstić information content (AvgIpc) is 3.16. The Bertz CT molecular complexity index is 1340. The number of phenols is 1. The molecule has 0 saturated heterocycles. The van der Waals surface area contributed by atoms with E-state index < -0.39 is 0 Å². The molecular formula is C24H16N2O2. The number of carbonyl (C=O) groups is 1. The topological polar surface area (TPSA) is 66.0 Å². The van der Waals surface area contributed by atoms with Gasteiger partial charge in [-0.15, -0.1) is 0 Å². The highest BCUT2D eigenvalue weighted by atomic mass is 16.3. The lowest BCUT2D eigenvalue weighted by atomic mass is 10.0. The molecule has 0 fully saturated rings. The van der Waals surface area contributed by atoms with Crippen LogP contribution in [-0.4, -0.2) is 20.9 Å². The summed E-state index contributed by atoms with van der Waals surface area (Å²) in [5.74, 6) is 0.696. The largest absolute Gasteiger partial charge is 0.507 e. The van der Waals surface area contributed by atoms with Crippen molar-refractivity contribution in [3.8, 4) is 17.1 Å². The van der Waals surface area contributed by atoms with Crippen LogP contribution in [-0.2, 0) is 0 Å². The molecule has 0 aliphatic rings. The molecule has 4 nitrogen and oxygen atoms in total. The van der Waals surface area contributed by atoms with Crippen LogP contribution in [0.15, 0.2) is 84.9 Å². The summed E-state index contributed by atoms with van der Waals surface area (Å²) in [6.45, 7) is 0. The molecule has 1 aromatic heterocycles. The number of phenolic OH excluding ortho intramolecular Hbond substituents is 1. The molecule has 1 heterocycles. The number of hydrogen-bond acceptors (Lipinski definition) is 3. The van der Waals surface area contributed by atoms with Crippen LogP contribution in [0.5, 0.6) is 5.75 Å². The van der Waals surface area contributed by atoms with Crippen LogP contribution in [0.1, 0.15) is 15.9 Å². The lowest BCUT2D eigenvalue weighted by Crippen LogP contribution is -2.00. The number of ketones is 1. The minimum Gasteiger partial charge on any atom is -0.507 e. The van der Waals surface area contributed by atoms with Crippen molar-refractivity contribution in [3.05, 3.63) is 96.1 Å². The summed E-state index contributed by atoms with van der Waals surface area (Å²) in [6, 6.07) is 26.1. The second-order valence-electron chi connectivity index (χ2n) is 6.73. The molecule has 0 bridgehead atoms. The van der Waals surface area contributed by atoms with E-state index in [4.69, 9.17) is 0 Å². The van der Waals surface area contributed by atoms with E-state index in [1.165, 1.54) is 0 Å². The van der Waals surface area contributed by atoms with Gasteiger partial charge in [-0.2, -0.15) is 0 Å². The third kappa shape index (κ3) is 2.72. The van der Waals surface area contributed by atoms with Gasteiger partial charge in [-0.1, -0.05) is 54.6 Å². The summed E-state index contributed by atoms with van der Waals surface area (Å²) >= 11 is 0. The van der Waals surface area contributed by atoms with E-state index in [9.17, 15) is 9.90 Å². The molecule has 4 aromatic carbocycles. The lowest BCUT2D eigenvalue weighted by molar-refractivity contribution is 0.103. The quantitative estimate of drug-likeness (QED) is 0.426. The predicted octanol–water partition coefficient (Wildman–Crippen LogP) is 5.32. The van der Waals surface area contributed by atoms with Crippen molar-refractivity contribution < 1.29 is 9.90 Å². The zero-order valence-electron chi connectivity index (χ0n) is 14.9. The van der Waals surface area contributed by atoms with E-state index in [1.807, 2.05) is 54.6 Å². The third-order valence-electron chi connectivity index (χ3n) is 4.90. The number of carbonyl (C=O) groups excluding carboxylic acids is 1. The molecule has 0 radical (unpaired) electrons. The Hall–Kier alpha value is -3.92. The first kappa shape index (κ1) is 16.3. The van der Waals surface area contributed by atoms with Gasteiger partial charge in [0.1, 0.15) is 11.6 Å². The smallest absolute Gasteiger partial charge is 0.193 e. The number of fused-ring (bicyclic) bond motifs is 2. The molecule has 0 amide bonds. The summed E-state index contributed by atoms with van der Waals surface area (Å²) in [5.41, 5.74) is 3.35. The van der Waals surface area contributed by atoms with Crippen LogP contribution in [0.3, 0.4) is 0 Å². The molecular weight excluding hydrogens is 348 g/mol. The molecule has 134 valence electrons. The summed E-state index contributed by atoms with van der Waals surface area (Å²) in [7, 11) is 0. The van der Waals surface area contributed by atoms with Gasteiger partial charge in [-0.05, 0) is 41.1 Å². The van der Waals surface area contributed by atoms with Crippen molar-refractivity contribution in [2.45, 2.75) is 0 Å². The zero-order chi connectivity index (χ0) is 19.1. The normalized spacial score (nSPS) is 11.1. The van der Waals surface area contributed by atoms with Crippen LogP contribution in [0.25, 0.3) is 33.2 Å². The number of benzene rings is 4. The monoisotopic (exact) mass is 364 g/mol. The maximum absolute atomic E-state index is 12.7. The van der Waals surface area contributed by atoms with Crippen LogP contribution < -0.4 is 0 Å². The van der Waals surface area contributed by atoms with Crippen molar-refractivity contribution in [3.63, 3.8) is 0 Å². The van der Waals surface area contributed by atoms with Crippen molar-refractivity contribution in [1.82, 2.24) is 9.97 Å². The number of aromatic amines is 1. The van der Waals surface area contributed by atoms with Crippen LogP contribution >= 0.6 is 0 Å². The SMILES string of the molecule is O=C(c1ccccc1)c1ccc2[nH]c(-c3cc4ccccc4cc3O)nc2c1. The number of imidazole rings is 1. The van der Waals surface area contributed by atoms with E-state index in [0.717, 1.165) is 16.3 Å². The van der Waals surface area contributed by atoms with E-state index in [1.54, 1.807) is 30.3 Å². The Morgan fingerprint density at radius 3 is 2.29 bits per heavy atom. The Morgan fingerprint density at radius 1 is 0.786 bits per heavy atom. The molecule has 4 heteroatoms. The van der Waals surface area contributed by atoms with Gasteiger partial charge in [0.25, 0.3) is 0 Å². The van der Waals surface area contributed by atoms with Gasteiger partial charge < -0.3 is 10.1 Å². The van der Waals surface area contributed by atoms with Gasteiger partial charge in [-0.25, -0.2) is 4.98 Å². The molecule has 5 rings (SSSR count). The summed E-state index contributed by atoms with van der Waals surface area (Å²) in [4.78, 5) is 20.5.